The van der Waals surface area contributed by atoms with Crippen molar-refractivity contribution in [2.24, 2.45) is 0 Å². The Hall–Kier alpha value is -1.29. The van der Waals surface area contributed by atoms with E-state index in [1.807, 2.05) is 32.2 Å². The number of nitrogens with zero attached hydrogens (tertiary/aromatic N) is 3. The number of fused-ring (bicyclic) bond motifs is 1. The van der Waals surface area contributed by atoms with Gasteiger partial charge in [-0.25, -0.2) is 0 Å². The van der Waals surface area contributed by atoms with Gasteiger partial charge < -0.3 is 0 Å². The Kier molecular flexibility index (Phi) is 2.06. The molecule has 0 spiro atoms. The van der Waals surface area contributed by atoms with Gasteiger partial charge in [0.1, 0.15) is 11.0 Å². The van der Waals surface area contributed by atoms with Crippen LogP contribution in [0.2, 0.25) is 0 Å². The van der Waals surface area contributed by atoms with Gasteiger partial charge in [0.2, 0.25) is 0 Å². The van der Waals surface area contributed by atoms with E-state index in [0.29, 0.717) is 0 Å². The first kappa shape index (κ1) is 8.31. The average molecular weight is 191 g/mol. The zero-order valence-corrected chi connectivity index (χ0v) is 8.30. The highest BCUT2D eigenvalue weighted by Gasteiger charge is 2.06. The Morgan fingerprint density at radius 1 is 1.31 bits per heavy atom. The molecule has 0 fully saturated rings. The number of hydrogen-bond acceptors (Lipinski definition) is 4. The van der Waals surface area contributed by atoms with Crippen LogP contribution < -0.4 is 0 Å². The van der Waals surface area contributed by atoms with Crippen LogP contribution in [-0.2, 0) is 0 Å². The minimum absolute atomic E-state index is 0.900. The molecule has 2 heterocycles. The van der Waals surface area contributed by atoms with E-state index in [1.165, 1.54) is 11.7 Å². The van der Waals surface area contributed by atoms with E-state index in [-0.39, 0.29) is 0 Å². The largest absolute Gasteiger partial charge is 0.254 e. The van der Waals surface area contributed by atoms with Gasteiger partial charge in [-0.1, -0.05) is 6.08 Å². The molecule has 0 aliphatic heterocycles. The molecule has 0 amide bonds. The molecule has 0 saturated carbocycles. The third-order valence-corrected chi connectivity index (χ3v) is 2.35. The second-order valence-corrected chi connectivity index (χ2v) is 3.32. The highest BCUT2D eigenvalue weighted by atomic mass is 32.1. The van der Waals surface area contributed by atoms with E-state index in [0.717, 1.165) is 22.3 Å². The summed E-state index contributed by atoms with van der Waals surface area (Å²) in [6.45, 7) is 3.96. The molecule has 0 bridgehead atoms. The Balaban J connectivity index is 2.78. The van der Waals surface area contributed by atoms with Gasteiger partial charge in [-0.05, 0) is 25.5 Å². The van der Waals surface area contributed by atoms with Gasteiger partial charge in [-0.15, -0.1) is 0 Å². The van der Waals surface area contributed by atoms with Gasteiger partial charge in [0.25, 0.3) is 0 Å². The van der Waals surface area contributed by atoms with Crippen molar-refractivity contribution in [3.8, 4) is 0 Å². The molecule has 0 aliphatic carbocycles. The number of hydrogen-bond donors (Lipinski definition) is 0. The van der Waals surface area contributed by atoms with Gasteiger partial charge in [-0.3, -0.25) is 4.98 Å². The fourth-order valence-corrected chi connectivity index (χ4v) is 1.80. The van der Waals surface area contributed by atoms with Crippen LogP contribution in [-0.4, -0.2) is 13.7 Å². The lowest BCUT2D eigenvalue weighted by Gasteiger charge is -1.95. The maximum absolute atomic E-state index is 4.29. The molecule has 2 aromatic heterocycles. The zero-order chi connectivity index (χ0) is 9.26. The molecule has 3 nitrogen and oxygen atoms in total. The average Bonchev–Trinajstić information content (AvgIpc) is 2.59. The summed E-state index contributed by atoms with van der Waals surface area (Å²) in [6.07, 6.45) is 5.73. The van der Waals surface area contributed by atoms with Crippen LogP contribution in [0.15, 0.2) is 12.3 Å². The predicted octanol–water partition coefficient (Wildman–Crippen LogP) is 2.43. The summed E-state index contributed by atoms with van der Waals surface area (Å²) in [5.74, 6) is 0. The molecular formula is C9H9N3S. The summed E-state index contributed by atoms with van der Waals surface area (Å²) < 4.78 is 8.43. The Bertz CT molecular complexity index is 459. The van der Waals surface area contributed by atoms with E-state index in [1.54, 1.807) is 0 Å². The second-order valence-electron chi connectivity index (χ2n) is 2.79. The van der Waals surface area contributed by atoms with E-state index in [4.69, 9.17) is 0 Å². The van der Waals surface area contributed by atoms with Crippen molar-refractivity contribution in [3.63, 3.8) is 0 Å². The topological polar surface area (TPSA) is 38.7 Å². The lowest BCUT2D eigenvalue weighted by Crippen LogP contribution is -1.86. The Labute approximate surface area is 80.5 Å². The molecule has 0 aliphatic rings. The molecule has 0 aromatic carbocycles. The maximum Gasteiger partial charge on any atom is 0.130 e. The van der Waals surface area contributed by atoms with Crippen LogP contribution in [0.1, 0.15) is 18.2 Å². The first-order valence-electron chi connectivity index (χ1n) is 4.03. The van der Waals surface area contributed by atoms with Crippen molar-refractivity contribution in [1.82, 2.24) is 13.7 Å². The number of allylic oxidation sites excluding steroid dienone is 1. The third-order valence-electron chi connectivity index (χ3n) is 1.83. The standard InChI is InChI=1S/C9H9N3S/c1-3-4-7-9-8(11-13-12-9)6(2)5-10-7/h3-5H,1-2H3/b4-3+. The van der Waals surface area contributed by atoms with E-state index < -0.39 is 0 Å². The normalized spacial score (nSPS) is 11.5. The molecule has 4 heteroatoms. The first-order chi connectivity index (χ1) is 6.33. The van der Waals surface area contributed by atoms with Crippen LogP contribution in [0.4, 0.5) is 0 Å². The fraction of sp³-hybridized carbons (Fsp3) is 0.222. The molecule has 2 aromatic rings. The molecule has 0 N–H and O–H groups in total. The van der Waals surface area contributed by atoms with Crippen LogP contribution in [0.25, 0.3) is 17.1 Å². The zero-order valence-electron chi connectivity index (χ0n) is 7.48. The molecular weight excluding hydrogens is 182 g/mol. The van der Waals surface area contributed by atoms with Crippen molar-refractivity contribution in [2.75, 3.05) is 0 Å². The number of aromatic nitrogens is 3. The van der Waals surface area contributed by atoms with Gasteiger partial charge in [0, 0.05) is 6.20 Å². The van der Waals surface area contributed by atoms with Crippen molar-refractivity contribution in [3.05, 3.63) is 23.5 Å². The van der Waals surface area contributed by atoms with Crippen LogP contribution in [0, 0.1) is 6.92 Å². The summed E-state index contributed by atoms with van der Waals surface area (Å²) in [4.78, 5) is 4.29. The minimum Gasteiger partial charge on any atom is -0.254 e. The molecule has 66 valence electrons. The molecule has 13 heavy (non-hydrogen) atoms. The smallest absolute Gasteiger partial charge is 0.130 e. The second kappa shape index (κ2) is 3.22. The number of rotatable bonds is 1. The maximum atomic E-state index is 4.29. The molecule has 0 unspecified atom stereocenters. The number of aryl methyl sites for hydroxylation is 1. The van der Waals surface area contributed by atoms with Crippen LogP contribution in [0.3, 0.4) is 0 Å². The monoisotopic (exact) mass is 191 g/mol. The van der Waals surface area contributed by atoms with Crippen molar-refractivity contribution in [2.45, 2.75) is 13.8 Å². The van der Waals surface area contributed by atoms with Crippen molar-refractivity contribution >= 4 is 28.8 Å². The summed E-state index contributed by atoms with van der Waals surface area (Å²) in [6, 6.07) is 0. The van der Waals surface area contributed by atoms with Crippen molar-refractivity contribution < 1.29 is 0 Å². The molecule has 0 saturated heterocycles. The summed E-state index contributed by atoms with van der Waals surface area (Å²) in [7, 11) is 0. The van der Waals surface area contributed by atoms with E-state index in [9.17, 15) is 0 Å². The van der Waals surface area contributed by atoms with Gasteiger partial charge in [-0.2, -0.15) is 8.75 Å². The minimum atomic E-state index is 0.900. The SMILES string of the molecule is C/C=C/c1ncc(C)c2nsnc12. The van der Waals surface area contributed by atoms with Gasteiger partial charge >= 0.3 is 0 Å². The summed E-state index contributed by atoms with van der Waals surface area (Å²) in [5.41, 5.74) is 3.85. The summed E-state index contributed by atoms with van der Waals surface area (Å²) >= 11 is 1.23. The Morgan fingerprint density at radius 2 is 2.08 bits per heavy atom. The lowest BCUT2D eigenvalue weighted by atomic mass is 10.2. The highest BCUT2D eigenvalue weighted by molar-refractivity contribution is 7.00. The molecule has 2 rings (SSSR count). The third kappa shape index (κ3) is 1.33. The van der Waals surface area contributed by atoms with Crippen LogP contribution >= 0.6 is 11.7 Å². The van der Waals surface area contributed by atoms with Gasteiger partial charge in [0.05, 0.1) is 17.4 Å². The van der Waals surface area contributed by atoms with Crippen LogP contribution in [0.5, 0.6) is 0 Å². The van der Waals surface area contributed by atoms with E-state index >= 15 is 0 Å². The first-order valence-corrected chi connectivity index (χ1v) is 4.76. The van der Waals surface area contributed by atoms with Crippen molar-refractivity contribution in [1.29, 1.82) is 0 Å². The summed E-state index contributed by atoms with van der Waals surface area (Å²) in [5, 5.41) is 0. The predicted molar refractivity (Wildman–Crippen MR) is 54.7 cm³/mol. The Morgan fingerprint density at radius 3 is 2.85 bits per heavy atom. The lowest BCUT2D eigenvalue weighted by molar-refractivity contribution is 1.27. The highest BCUT2D eigenvalue weighted by Crippen LogP contribution is 2.18. The quantitative estimate of drug-likeness (QED) is 0.694. The molecule has 0 radical (unpaired) electrons. The van der Waals surface area contributed by atoms with E-state index in [2.05, 4.69) is 13.7 Å². The van der Waals surface area contributed by atoms with Gasteiger partial charge in [0.15, 0.2) is 0 Å². The molecule has 0 atom stereocenters. The number of pyridine rings is 1. The fourth-order valence-electron chi connectivity index (χ4n) is 1.18.